The van der Waals surface area contributed by atoms with E-state index in [1.807, 2.05) is 0 Å². The fourth-order valence-corrected chi connectivity index (χ4v) is 2.53. The Morgan fingerprint density at radius 1 is 1.39 bits per heavy atom. The van der Waals surface area contributed by atoms with Gasteiger partial charge in [0.05, 0.1) is 0 Å². The number of nitrogens with one attached hydrogen (secondary N) is 1. The lowest BCUT2D eigenvalue weighted by atomic mass is 9.92. The lowest BCUT2D eigenvalue weighted by Crippen LogP contribution is -2.28. The van der Waals surface area contributed by atoms with Gasteiger partial charge in [0.15, 0.2) is 0 Å². The third-order valence-electron chi connectivity index (χ3n) is 3.17. The van der Waals surface area contributed by atoms with Gasteiger partial charge in [0.2, 0.25) is 0 Å². The first-order valence-electron chi connectivity index (χ1n) is 6.66. The maximum atomic E-state index is 5.19. The molecular formula is C15H24BrNO. The van der Waals surface area contributed by atoms with Gasteiger partial charge in [0, 0.05) is 24.2 Å². The minimum Gasteiger partial charge on any atom is -0.385 e. The summed E-state index contributed by atoms with van der Waals surface area (Å²) in [5, 5.41) is 3.65. The van der Waals surface area contributed by atoms with E-state index in [2.05, 4.69) is 59.4 Å². The zero-order valence-electron chi connectivity index (χ0n) is 11.6. The van der Waals surface area contributed by atoms with Crippen LogP contribution in [0.25, 0.3) is 0 Å². The van der Waals surface area contributed by atoms with E-state index in [1.54, 1.807) is 7.11 Å². The van der Waals surface area contributed by atoms with Gasteiger partial charge in [-0.15, -0.1) is 0 Å². The molecule has 0 saturated heterocycles. The summed E-state index contributed by atoms with van der Waals surface area (Å²) in [4.78, 5) is 0. The van der Waals surface area contributed by atoms with Crippen molar-refractivity contribution in [3.8, 4) is 0 Å². The average Bonchev–Trinajstić information content (AvgIpc) is 2.37. The van der Waals surface area contributed by atoms with Gasteiger partial charge in [0.25, 0.3) is 0 Å². The summed E-state index contributed by atoms with van der Waals surface area (Å²) in [6.07, 6.45) is 2.23. The van der Waals surface area contributed by atoms with Crippen LogP contribution in [-0.4, -0.2) is 20.3 Å². The molecule has 0 aliphatic heterocycles. The van der Waals surface area contributed by atoms with Gasteiger partial charge in [0.1, 0.15) is 0 Å². The molecule has 1 N–H and O–H groups in total. The summed E-state index contributed by atoms with van der Waals surface area (Å²) in [7, 11) is 1.76. The van der Waals surface area contributed by atoms with Gasteiger partial charge in [-0.25, -0.2) is 0 Å². The zero-order chi connectivity index (χ0) is 13.4. The van der Waals surface area contributed by atoms with Crippen molar-refractivity contribution in [3.05, 3.63) is 34.3 Å². The monoisotopic (exact) mass is 313 g/mol. The van der Waals surface area contributed by atoms with Gasteiger partial charge in [-0.3, -0.25) is 0 Å². The van der Waals surface area contributed by atoms with Crippen LogP contribution in [0, 0.1) is 5.92 Å². The number of hydrogen-bond acceptors (Lipinski definition) is 2. The second kappa shape index (κ2) is 8.68. The van der Waals surface area contributed by atoms with E-state index in [1.165, 1.54) is 5.56 Å². The molecule has 0 aromatic heterocycles. The Balaban J connectivity index is 2.76. The molecular weight excluding hydrogens is 290 g/mol. The normalized spacial score (nSPS) is 14.4. The van der Waals surface area contributed by atoms with Crippen molar-refractivity contribution in [2.45, 2.75) is 32.7 Å². The van der Waals surface area contributed by atoms with E-state index in [0.717, 1.165) is 30.5 Å². The lowest BCUT2D eigenvalue weighted by molar-refractivity contribution is 0.170. The molecule has 1 rings (SSSR count). The Hall–Kier alpha value is -0.380. The zero-order valence-corrected chi connectivity index (χ0v) is 13.2. The molecule has 102 valence electrons. The van der Waals surface area contributed by atoms with Crippen LogP contribution < -0.4 is 5.32 Å². The summed E-state index contributed by atoms with van der Waals surface area (Å²) < 4.78 is 6.33. The molecule has 0 spiro atoms. The van der Waals surface area contributed by atoms with E-state index in [-0.39, 0.29) is 0 Å². The highest BCUT2D eigenvalue weighted by atomic mass is 79.9. The average molecular weight is 314 g/mol. The predicted molar refractivity (Wildman–Crippen MR) is 80.8 cm³/mol. The van der Waals surface area contributed by atoms with Crippen molar-refractivity contribution >= 4 is 15.9 Å². The molecule has 1 aromatic carbocycles. The molecule has 0 bridgehead atoms. The Labute approximate surface area is 119 Å². The lowest BCUT2D eigenvalue weighted by Gasteiger charge is -2.26. The van der Waals surface area contributed by atoms with E-state index < -0.39 is 0 Å². The van der Waals surface area contributed by atoms with Crippen LogP contribution >= 0.6 is 15.9 Å². The molecule has 0 radical (unpaired) electrons. The molecule has 3 heteroatoms. The van der Waals surface area contributed by atoms with Crippen molar-refractivity contribution in [1.29, 1.82) is 0 Å². The van der Waals surface area contributed by atoms with Gasteiger partial charge < -0.3 is 10.1 Å². The minimum absolute atomic E-state index is 0.401. The predicted octanol–water partition coefficient (Wildman–Crippen LogP) is 4.16. The molecule has 0 aliphatic carbocycles. The highest BCUT2D eigenvalue weighted by Crippen LogP contribution is 2.26. The van der Waals surface area contributed by atoms with E-state index in [9.17, 15) is 0 Å². The molecule has 0 saturated carbocycles. The second-order valence-electron chi connectivity index (χ2n) is 4.75. The third-order valence-corrected chi connectivity index (χ3v) is 3.66. The van der Waals surface area contributed by atoms with Crippen molar-refractivity contribution in [3.63, 3.8) is 0 Å². The standard InChI is InChI=1S/C15H24BrNO/c1-4-9-17-15(12(2)8-10-18-3)13-6-5-7-14(16)11-13/h5-7,11-12,15,17H,4,8-10H2,1-3H3. The first kappa shape index (κ1) is 15.7. The number of ether oxygens (including phenoxy) is 1. The van der Waals surface area contributed by atoms with Crippen LogP contribution in [-0.2, 0) is 4.74 Å². The van der Waals surface area contributed by atoms with Gasteiger partial charge >= 0.3 is 0 Å². The molecule has 1 aromatic rings. The van der Waals surface area contributed by atoms with Crippen LogP contribution in [0.4, 0.5) is 0 Å². The Morgan fingerprint density at radius 2 is 2.17 bits per heavy atom. The molecule has 0 aliphatic rings. The maximum absolute atomic E-state index is 5.19. The molecule has 0 amide bonds. The van der Waals surface area contributed by atoms with Gasteiger partial charge in [-0.05, 0) is 43.0 Å². The number of benzene rings is 1. The topological polar surface area (TPSA) is 21.3 Å². The summed E-state index contributed by atoms with van der Waals surface area (Å²) in [5.41, 5.74) is 1.35. The van der Waals surface area contributed by atoms with Crippen molar-refractivity contribution < 1.29 is 4.74 Å². The highest BCUT2D eigenvalue weighted by molar-refractivity contribution is 9.10. The number of halogens is 1. The molecule has 2 atom stereocenters. The third kappa shape index (κ3) is 5.09. The number of hydrogen-bond donors (Lipinski definition) is 1. The fraction of sp³-hybridized carbons (Fsp3) is 0.600. The first-order valence-corrected chi connectivity index (χ1v) is 7.46. The number of rotatable bonds is 8. The molecule has 0 heterocycles. The highest BCUT2D eigenvalue weighted by Gasteiger charge is 2.18. The second-order valence-corrected chi connectivity index (χ2v) is 5.66. The van der Waals surface area contributed by atoms with E-state index in [4.69, 9.17) is 4.74 Å². The van der Waals surface area contributed by atoms with Gasteiger partial charge in [-0.2, -0.15) is 0 Å². The first-order chi connectivity index (χ1) is 8.69. The van der Waals surface area contributed by atoms with Crippen LogP contribution in [0.3, 0.4) is 0 Å². The molecule has 2 unspecified atom stereocenters. The molecule has 2 nitrogen and oxygen atoms in total. The summed E-state index contributed by atoms with van der Waals surface area (Å²) in [5.74, 6) is 0.561. The van der Waals surface area contributed by atoms with Crippen molar-refractivity contribution in [2.75, 3.05) is 20.3 Å². The van der Waals surface area contributed by atoms with Crippen molar-refractivity contribution in [2.24, 2.45) is 5.92 Å². The maximum Gasteiger partial charge on any atom is 0.0465 e. The van der Waals surface area contributed by atoms with E-state index in [0.29, 0.717) is 12.0 Å². The van der Waals surface area contributed by atoms with Crippen LogP contribution in [0.2, 0.25) is 0 Å². The van der Waals surface area contributed by atoms with E-state index >= 15 is 0 Å². The SMILES string of the molecule is CCCNC(c1cccc(Br)c1)C(C)CCOC. The van der Waals surface area contributed by atoms with Crippen LogP contribution in [0.1, 0.15) is 38.3 Å². The number of methoxy groups -OCH3 is 1. The summed E-state index contributed by atoms with van der Waals surface area (Å²) >= 11 is 3.55. The van der Waals surface area contributed by atoms with Crippen LogP contribution in [0.5, 0.6) is 0 Å². The van der Waals surface area contributed by atoms with Gasteiger partial charge in [-0.1, -0.05) is 41.9 Å². The Bertz CT molecular complexity index is 343. The molecule has 0 fully saturated rings. The smallest absolute Gasteiger partial charge is 0.0465 e. The van der Waals surface area contributed by atoms with Crippen LogP contribution in [0.15, 0.2) is 28.7 Å². The minimum atomic E-state index is 0.401. The quantitative estimate of drug-likeness (QED) is 0.778. The Morgan fingerprint density at radius 3 is 2.78 bits per heavy atom. The largest absolute Gasteiger partial charge is 0.385 e. The fourth-order valence-electron chi connectivity index (χ4n) is 2.12. The Kier molecular flexibility index (Phi) is 7.56. The summed E-state index contributed by atoms with van der Waals surface area (Å²) in [6, 6.07) is 8.97. The molecule has 18 heavy (non-hydrogen) atoms. The van der Waals surface area contributed by atoms with Crippen molar-refractivity contribution in [1.82, 2.24) is 5.32 Å². The summed E-state index contributed by atoms with van der Waals surface area (Å²) in [6.45, 7) is 6.35.